The van der Waals surface area contributed by atoms with Gasteiger partial charge in [-0.1, -0.05) is 11.6 Å². The summed E-state index contributed by atoms with van der Waals surface area (Å²) in [6.45, 7) is 6.00. The average molecular weight is 243 g/mol. The number of hydrogen-bond acceptors (Lipinski definition) is 2. The maximum Gasteiger partial charge on any atom is 0.123 e. The normalized spacial score (nSPS) is 19.7. The number of halogens is 2. The van der Waals surface area contributed by atoms with Crippen LogP contribution >= 0.6 is 11.6 Å². The summed E-state index contributed by atoms with van der Waals surface area (Å²) < 4.78 is 13.2. The molecule has 1 aliphatic rings. The predicted molar refractivity (Wildman–Crippen MR) is 64.3 cm³/mol. The lowest BCUT2D eigenvalue weighted by Crippen LogP contribution is -2.44. The van der Waals surface area contributed by atoms with Gasteiger partial charge in [-0.25, -0.2) is 4.39 Å². The summed E-state index contributed by atoms with van der Waals surface area (Å²) in [4.78, 5) is 2.32. The molecule has 2 rings (SSSR count). The Hall–Kier alpha value is -0.640. The van der Waals surface area contributed by atoms with Crippen LogP contribution in [0.25, 0.3) is 0 Å². The molecule has 1 N–H and O–H groups in total. The van der Waals surface area contributed by atoms with Gasteiger partial charge in [0.05, 0.1) is 0 Å². The minimum atomic E-state index is -0.221. The van der Waals surface area contributed by atoms with E-state index >= 15 is 0 Å². The maximum absolute atomic E-state index is 13.2. The molecule has 1 aromatic rings. The minimum absolute atomic E-state index is 0.172. The van der Waals surface area contributed by atoms with Gasteiger partial charge in [-0.2, -0.15) is 0 Å². The van der Waals surface area contributed by atoms with Gasteiger partial charge in [-0.3, -0.25) is 4.90 Å². The summed E-state index contributed by atoms with van der Waals surface area (Å²) in [5.74, 6) is -0.221. The lowest BCUT2D eigenvalue weighted by atomic mass is 10.1. The second-order valence-corrected chi connectivity index (χ2v) is 4.53. The number of benzene rings is 1. The third-order valence-electron chi connectivity index (χ3n) is 3.11. The summed E-state index contributed by atoms with van der Waals surface area (Å²) in [6, 6.07) is 4.74. The summed E-state index contributed by atoms with van der Waals surface area (Å²) >= 11 is 6.10. The Kier molecular flexibility index (Phi) is 3.79. The summed E-state index contributed by atoms with van der Waals surface area (Å²) in [6.07, 6.45) is 0. The molecule has 0 radical (unpaired) electrons. The highest BCUT2D eigenvalue weighted by Gasteiger charge is 2.20. The van der Waals surface area contributed by atoms with Crippen LogP contribution in [-0.4, -0.2) is 31.1 Å². The molecule has 16 heavy (non-hydrogen) atoms. The molecule has 0 saturated carbocycles. The van der Waals surface area contributed by atoms with Crippen LogP contribution in [0.2, 0.25) is 5.02 Å². The van der Waals surface area contributed by atoms with E-state index in [0.717, 1.165) is 31.7 Å². The molecule has 0 unspecified atom stereocenters. The lowest BCUT2D eigenvalue weighted by Gasteiger charge is -2.33. The van der Waals surface area contributed by atoms with E-state index in [4.69, 9.17) is 11.6 Å². The number of piperazine rings is 1. The highest BCUT2D eigenvalue weighted by atomic mass is 35.5. The largest absolute Gasteiger partial charge is 0.314 e. The molecular formula is C12H16ClFN2. The quantitative estimate of drug-likeness (QED) is 0.857. The first kappa shape index (κ1) is 11.8. The summed E-state index contributed by atoms with van der Waals surface area (Å²) in [5, 5.41) is 3.94. The first-order valence-electron chi connectivity index (χ1n) is 5.58. The Bertz CT molecular complexity index is 364. The Morgan fingerprint density at radius 3 is 2.75 bits per heavy atom. The third kappa shape index (κ3) is 2.54. The zero-order chi connectivity index (χ0) is 11.5. The lowest BCUT2D eigenvalue weighted by molar-refractivity contribution is 0.185. The average Bonchev–Trinajstić information content (AvgIpc) is 2.32. The molecule has 1 heterocycles. The fraction of sp³-hybridized carbons (Fsp3) is 0.500. The van der Waals surface area contributed by atoms with Gasteiger partial charge < -0.3 is 5.32 Å². The molecule has 0 bridgehead atoms. The molecule has 1 aromatic carbocycles. The van der Waals surface area contributed by atoms with Crippen molar-refractivity contribution >= 4 is 11.6 Å². The van der Waals surface area contributed by atoms with Crippen molar-refractivity contribution in [2.45, 2.75) is 13.0 Å². The van der Waals surface area contributed by atoms with Gasteiger partial charge >= 0.3 is 0 Å². The molecule has 1 atom stereocenters. The van der Waals surface area contributed by atoms with Gasteiger partial charge in [0.15, 0.2) is 0 Å². The fourth-order valence-electron chi connectivity index (χ4n) is 2.10. The van der Waals surface area contributed by atoms with Gasteiger partial charge in [0.25, 0.3) is 0 Å². The zero-order valence-electron chi connectivity index (χ0n) is 9.34. The highest BCUT2D eigenvalue weighted by Crippen LogP contribution is 2.28. The van der Waals surface area contributed by atoms with Gasteiger partial charge in [0.2, 0.25) is 0 Å². The van der Waals surface area contributed by atoms with Crippen molar-refractivity contribution in [1.82, 2.24) is 10.2 Å². The van der Waals surface area contributed by atoms with Crippen LogP contribution in [0, 0.1) is 5.82 Å². The molecule has 4 heteroatoms. The van der Waals surface area contributed by atoms with E-state index in [0.29, 0.717) is 5.02 Å². The van der Waals surface area contributed by atoms with E-state index in [9.17, 15) is 4.39 Å². The Balaban J connectivity index is 2.18. The molecule has 1 saturated heterocycles. The van der Waals surface area contributed by atoms with E-state index in [-0.39, 0.29) is 11.9 Å². The van der Waals surface area contributed by atoms with Crippen molar-refractivity contribution in [3.63, 3.8) is 0 Å². The molecule has 0 aromatic heterocycles. The Labute approximate surface area is 100 Å². The molecule has 2 nitrogen and oxygen atoms in total. The first-order chi connectivity index (χ1) is 7.68. The second-order valence-electron chi connectivity index (χ2n) is 4.13. The van der Waals surface area contributed by atoms with Crippen LogP contribution in [0.1, 0.15) is 18.5 Å². The van der Waals surface area contributed by atoms with Crippen LogP contribution in [0.15, 0.2) is 18.2 Å². The monoisotopic (exact) mass is 242 g/mol. The molecule has 1 fully saturated rings. The summed E-state index contributed by atoms with van der Waals surface area (Å²) in [5.41, 5.74) is 0.878. The van der Waals surface area contributed by atoms with Crippen LogP contribution < -0.4 is 5.32 Å². The number of nitrogens with zero attached hydrogens (tertiary/aromatic N) is 1. The molecule has 0 spiro atoms. The van der Waals surface area contributed by atoms with Gasteiger partial charge in [0, 0.05) is 37.2 Å². The molecule has 0 amide bonds. The Morgan fingerprint density at radius 2 is 2.06 bits per heavy atom. The van der Waals surface area contributed by atoms with Gasteiger partial charge in [0.1, 0.15) is 5.82 Å². The van der Waals surface area contributed by atoms with Crippen molar-refractivity contribution in [3.8, 4) is 0 Å². The third-order valence-corrected chi connectivity index (χ3v) is 3.45. The van der Waals surface area contributed by atoms with E-state index in [1.54, 1.807) is 6.07 Å². The first-order valence-corrected chi connectivity index (χ1v) is 5.96. The predicted octanol–water partition coefficient (Wildman–Crippen LogP) is 2.45. The van der Waals surface area contributed by atoms with E-state index in [1.807, 2.05) is 0 Å². The van der Waals surface area contributed by atoms with E-state index in [2.05, 4.69) is 17.1 Å². The SMILES string of the molecule is C[C@H](c1cc(F)ccc1Cl)N1CCNCC1. The molecule has 0 aliphatic carbocycles. The van der Waals surface area contributed by atoms with Crippen molar-refractivity contribution in [1.29, 1.82) is 0 Å². The van der Waals surface area contributed by atoms with Crippen LogP contribution in [0.5, 0.6) is 0 Å². The zero-order valence-corrected chi connectivity index (χ0v) is 10.1. The highest BCUT2D eigenvalue weighted by molar-refractivity contribution is 6.31. The maximum atomic E-state index is 13.2. The standard InChI is InChI=1S/C12H16ClFN2/c1-9(16-6-4-15-5-7-16)11-8-10(14)2-3-12(11)13/h2-3,8-9,15H,4-7H2,1H3/t9-/m1/s1. The smallest absolute Gasteiger partial charge is 0.123 e. The van der Waals surface area contributed by atoms with E-state index in [1.165, 1.54) is 12.1 Å². The van der Waals surface area contributed by atoms with Crippen LogP contribution in [0.3, 0.4) is 0 Å². The van der Waals surface area contributed by atoms with Crippen molar-refractivity contribution < 1.29 is 4.39 Å². The fourth-order valence-corrected chi connectivity index (χ4v) is 2.38. The van der Waals surface area contributed by atoms with Crippen molar-refractivity contribution in [2.75, 3.05) is 26.2 Å². The molecule has 88 valence electrons. The molecule has 1 aliphatic heterocycles. The summed E-state index contributed by atoms with van der Waals surface area (Å²) in [7, 11) is 0. The van der Waals surface area contributed by atoms with Crippen LogP contribution in [-0.2, 0) is 0 Å². The van der Waals surface area contributed by atoms with Crippen molar-refractivity contribution in [2.24, 2.45) is 0 Å². The minimum Gasteiger partial charge on any atom is -0.314 e. The van der Waals surface area contributed by atoms with E-state index < -0.39 is 0 Å². The van der Waals surface area contributed by atoms with Crippen molar-refractivity contribution in [3.05, 3.63) is 34.6 Å². The van der Waals surface area contributed by atoms with Gasteiger partial charge in [-0.05, 0) is 30.7 Å². The topological polar surface area (TPSA) is 15.3 Å². The number of nitrogens with one attached hydrogen (secondary N) is 1. The second kappa shape index (κ2) is 5.13. The molecular weight excluding hydrogens is 227 g/mol. The number of rotatable bonds is 2. The number of hydrogen-bond donors (Lipinski definition) is 1. The Morgan fingerprint density at radius 1 is 1.38 bits per heavy atom. The van der Waals surface area contributed by atoms with Gasteiger partial charge in [-0.15, -0.1) is 0 Å². The van der Waals surface area contributed by atoms with Crippen LogP contribution in [0.4, 0.5) is 4.39 Å².